The average Bonchev–Trinajstić information content (AvgIpc) is 3.57. The summed E-state index contributed by atoms with van der Waals surface area (Å²) < 4.78 is 46.3. The summed E-state index contributed by atoms with van der Waals surface area (Å²) in [5.74, 6) is -2.01. The van der Waals surface area contributed by atoms with Crippen LogP contribution < -0.4 is 15.7 Å². The number of nitrogens with one attached hydrogen (secondary N) is 1. The zero-order valence-electron chi connectivity index (χ0n) is 28.1. The van der Waals surface area contributed by atoms with Crippen LogP contribution in [0.25, 0.3) is 11.0 Å². The van der Waals surface area contributed by atoms with E-state index in [1.807, 2.05) is 27.7 Å². The summed E-state index contributed by atoms with van der Waals surface area (Å²) >= 11 is 0. The minimum Gasteiger partial charge on any atom is -0.472 e. The number of esters is 1. The van der Waals surface area contributed by atoms with Crippen LogP contribution in [0.2, 0.25) is 0 Å². The average molecular weight is 672 g/mol. The highest BCUT2D eigenvalue weighted by molar-refractivity contribution is 7.44. The van der Waals surface area contributed by atoms with E-state index < -0.39 is 73.5 Å². The summed E-state index contributed by atoms with van der Waals surface area (Å²) in [6.45, 7) is 9.65. The fourth-order valence-electron chi connectivity index (χ4n) is 7.68. The quantitative estimate of drug-likeness (QED) is 0.167. The molecule has 14 nitrogen and oxygen atoms in total. The standard InChI is InChI=1S/C32H39N4O10P/c1-16(2)36(17(3)4)47(42-12-8-11-33)46-21-15-24(43-18(21)5)35-27-31(6,28(38)34-30(35)40)26-20-13-19-9-10-25(37)44-22(19)14-23(20)45-32(26,27)29(39)41-7/h9-10,13-14,16-18,21,24,26-27H,8,12,15H2,1-7H3,(H,34,38,40)/t18-,21?,24-,26?,27?,31-,32+,47?/m1/s1/i5D. The Hall–Kier alpha value is -3.60. The number of urea groups is 1. The second kappa shape index (κ2) is 12.1. The number of fused-ring (bicyclic) bond motifs is 7. The van der Waals surface area contributed by atoms with Gasteiger partial charge in [0.1, 0.15) is 23.6 Å². The van der Waals surface area contributed by atoms with Crippen LogP contribution in [0.4, 0.5) is 4.79 Å². The number of hydrogen-bond donors (Lipinski definition) is 1. The molecular weight excluding hydrogens is 631 g/mol. The summed E-state index contributed by atoms with van der Waals surface area (Å²) in [6.07, 6.45) is -2.22. The van der Waals surface area contributed by atoms with E-state index >= 15 is 0 Å². The van der Waals surface area contributed by atoms with Crippen LogP contribution in [0.15, 0.2) is 33.5 Å². The third-order valence-electron chi connectivity index (χ3n) is 9.45. The number of nitriles is 1. The lowest BCUT2D eigenvalue weighted by Gasteiger charge is -2.65. The predicted octanol–water partition coefficient (Wildman–Crippen LogP) is 3.92. The van der Waals surface area contributed by atoms with E-state index in [4.69, 9.17) is 34.3 Å². The number of methoxy groups -OCH3 is 1. The van der Waals surface area contributed by atoms with Gasteiger partial charge >= 0.3 is 17.6 Å². The highest BCUT2D eigenvalue weighted by Crippen LogP contribution is 2.70. The van der Waals surface area contributed by atoms with Gasteiger partial charge in [-0.1, -0.05) is 0 Å². The molecule has 1 N–H and O–H groups in total. The number of carbonyl (C=O) groups excluding carboxylic acids is 3. The highest BCUT2D eigenvalue weighted by atomic mass is 31.2. The van der Waals surface area contributed by atoms with Crippen LogP contribution in [0.3, 0.4) is 0 Å². The number of imide groups is 1. The summed E-state index contributed by atoms with van der Waals surface area (Å²) in [4.78, 5) is 54.6. The first-order valence-electron chi connectivity index (χ1n) is 16.2. The molecule has 6 rings (SSSR count). The van der Waals surface area contributed by atoms with Crippen molar-refractivity contribution in [2.75, 3.05) is 13.7 Å². The topological polar surface area (TPSA) is 170 Å². The molecule has 2 aromatic rings. The third kappa shape index (κ3) is 5.02. The maximum atomic E-state index is 13.8. The van der Waals surface area contributed by atoms with E-state index in [0.29, 0.717) is 10.9 Å². The van der Waals surface area contributed by atoms with Crippen molar-refractivity contribution in [2.24, 2.45) is 5.41 Å². The van der Waals surface area contributed by atoms with Gasteiger partial charge in [-0.3, -0.25) is 15.0 Å². The van der Waals surface area contributed by atoms with Crippen molar-refractivity contribution >= 4 is 37.4 Å². The van der Waals surface area contributed by atoms with Crippen LogP contribution in [-0.4, -0.2) is 83.4 Å². The van der Waals surface area contributed by atoms with E-state index in [1.165, 1.54) is 24.1 Å². The van der Waals surface area contributed by atoms with Gasteiger partial charge in [-0.15, -0.1) is 0 Å². The Morgan fingerprint density at radius 2 is 2.00 bits per heavy atom. The largest absolute Gasteiger partial charge is 0.472 e. The van der Waals surface area contributed by atoms with Gasteiger partial charge in [0.05, 0.1) is 49.7 Å². The maximum Gasteiger partial charge on any atom is 0.353 e. The van der Waals surface area contributed by atoms with E-state index in [0.717, 1.165) is 0 Å². The van der Waals surface area contributed by atoms with Crippen molar-refractivity contribution in [1.82, 2.24) is 14.9 Å². The van der Waals surface area contributed by atoms with Crippen molar-refractivity contribution in [3.05, 3.63) is 40.2 Å². The van der Waals surface area contributed by atoms with Crippen molar-refractivity contribution in [1.29, 1.82) is 5.26 Å². The number of nitrogens with zero attached hydrogens (tertiary/aromatic N) is 3. The Morgan fingerprint density at radius 3 is 2.66 bits per heavy atom. The molecular formula is C32H39N4O10P. The predicted molar refractivity (Wildman–Crippen MR) is 167 cm³/mol. The van der Waals surface area contributed by atoms with Gasteiger partial charge in [0.25, 0.3) is 8.53 Å². The van der Waals surface area contributed by atoms with Crippen LogP contribution >= 0.6 is 8.53 Å². The minimum absolute atomic E-state index is 0.0306. The monoisotopic (exact) mass is 671 g/mol. The van der Waals surface area contributed by atoms with Gasteiger partial charge in [-0.05, 0) is 53.7 Å². The minimum atomic E-state index is -1.82. The van der Waals surface area contributed by atoms with E-state index in [9.17, 15) is 19.2 Å². The molecule has 0 radical (unpaired) electrons. The molecule has 0 bridgehead atoms. The van der Waals surface area contributed by atoms with Crippen molar-refractivity contribution in [3.63, 3.8) is 0 Å². The fourth-order valence-corrected chi connectivity index (χ4v) is 9.44. The first-order valence-corrected chi connectivity index (χ1v) is 16.6. The zero-order chi connectivity index (χ0) is 34.7. The first-order chi connectivity index (χ1) is 22.8. The summed E-state index contributed by atoms with van der Waals surface area (Å²) in [6, 6.07) is 6.26. The molecule has 1 aliphatic carbocycles. The molecule has 8 atom stereocenters. The van der Waals surface area contributed by atoms with E-state index in [1.54, 1.807) is 19.1 Å². The summed E-state index contributed by atoms with van der Waals surface area (Å²) in [5.41, 5.74) is -2.99. The zero-order valence-corrected chi connectivity index (χ0v) is 27.9. The molecule has 3 amide bonds. The van der Waals surface area contributed by atoms with Crippen molar-refractivity contribution in [3.8, 4) is 11.8 Å². The third-order valence-corrected chi connectivity index (χ3v) is 11.6. The molecule has 252 valence electrons. The van der Waals surface area contributed by atoms with Crippen molar-refractivity contribution in [2.45, 2.75) is 102 Å². The number of ether oxygens (including phenoxy) is 3. The van der Waals surface area contributed by atoms with Gasteiger partial charge in [-0.25, -0.2) is 19.1 Å². The molecule has 47 heavy (non-hydrogen) atoms. The van der Waals surface area contributed by atoms with E-state index in [2.05, 4.69) is 16.1 Å². The molecule has 4 aliphatic rings. The lowest BCUT2D eigenvalue weighted by atomic mass is 9.45. The van der Waals surface area contributed by atoms with Crippen LogP contribution in [0.1, 0.15) is 67.2 Å². The molecule has 1 saturated carbocycles. The van der Waals surface area contributed by atoms with Crippen LogP contribution in [-0.2, 0) is 28.1 Å². The Kier molecular flexibility index (Phi) is 8.25. The molecule has 3 fully saturated rings. The number of amides is 3. The first kappa shape index (κ1) is 32.0. The maximum absolute atomic E-state index is 13.8. The van der Waals surface area contributed by atoms with Gasteiger partial charge in [0, 0.05) is 43.0 Å². The second-order valence-corrected chi connectivity index (χ2v) is 14.3. The Morgan fingerprint density at radius 1 is 1.26 bits per heavy atom. The molecule has 1 aromatic heterocycles. The smallest absolute Gasteiger partial charge is 0.353 e. The highest BCUT2D eigenvalue weighted by Gasteiger charge is 2.85. The number of carbonyl (C=O) groups is 3. The molecule has 4 unspecified atom stereocenters. The van der Waals surface area contributed by atoms with E-state index in [-0.39, 0.29) is 49.8 Å². The summed E-state index contributed by atoms with van der Waals surface area (Å²) in [7, 11) is -0.490. The normalized spacial score (nSPS) is 31.9. The van der Waals surface area contributed by atoms with Gasteiger partial charge in [0.15, 0.2) is 0 Å². The van der Waals surface area contributed by atoms with Gasteiger partial charge in [-0.2, -0.15) is 5.26 Å². The van der Waals surface area contributed by atoms with Crippen molar-refractivity contribution < 1.29 is 43.4 Å². The molecule has 2 saturated heterocycles. The molecule has 1 aromatic carbocycles. The number of hydrogen-bond acceptors (Lipinski definition) is 12. The second-order valence-electron chi connectivity index (χ2n) is 12.9. The summed E-state index contributed by atoms with van der Waals surface area (Å²) in [5, 5.41) is 12.1. The SMILES string of the molecule is [2H]C[C@H]1O[C@@H](N2C(=O)NC(=O)[C@]3(C)C4c5cc6ccc(=O)oc6cc5O[C@]4(C(=O)OC)C23)CC1OP(OCCC#N)N(C(C)C)C(C)C. The number of rotatable bonds is 10. The Bertz CT molecular complexity index is 1720. The van der Waals surface area contributed by atoms with Gasteiger partial charge in [0.2, 0.25) is 11.5 Å². The number of benzene rings is 1. The fraction of sp³-hybridized carbons (Fsp3) is 0.594. The Labute approximate surface area is 274 Å². The van der Waals surface area contributed by atoms with Crippen LogP contribution in [0, 0.1) is 16.7 Å². The molecule has 4 heterocycles. The molecule has 15 heteroatoms. The molecule has 3 aliphatic heterocycles. The lowest BCUT2D eigenvalue weighted by Crippen LogP contribution is -2.87. The molecule has 0 spiro atoms. The van der Waals surface area contributed by atoms with Crippen LogP contribution in [0.5, 0.6) is 5.75 Å². The lowest BCUT2D eigenvalue weighted by molar-refractivity contribution is -0.228. The van der Waals surface area contributed by atoms with Gasteiger partial charge < -0.3 is 27.7 Å². The Balaban J connectivity index is 1.37.